The Morgan fingerprint density at radius 3 is 2.59 bits per heavy atom. The van der Waals surface area contributed by atoms with Crippen LogP contribution in [0, 0.1) is 0 Å². The van der Waals surface area contributed by atoms with E-state index in [0.717, 1.165) is 17.0 Å². The molecule has 7 nitrogen and oxygen atoms in total. The number of likely N-dealkylation sites (N-methyl/N-ethyl adjacent to an activating group) is 1. The maximum Gasteiger partial charge on any atom is 0.418 e. The third kappa shape index (κ3) is 5.57. The summed E-state index contributed by atoms with van der Waals surface area (Å²) in [6.07, 6.45) is -3.43. The van der Waals surface area contributed by atoms with Gasteiger partial charge in [-0.3, -0.25) is 9.59 Å². The number of benzene rings is 2. The second-order valence-electron chi connectivity index (χ2n) is 6.59. The van der Waals surface area contributed by atoms with Gasteiger partial charge in [0, 0.05) is 12.1 Å². The molecule has 0 spiro atoms. The number of amides is 2. The molecule has 168 valence electrons. The average Bonchev–Trinajstić information content (AvgIpc) is 2.71. The van der Waals surface area contributed by atoms with Crippen LogP contribution < -0.4 is 10.1 Å². The van der Waals surface area contributed by atoms with Crippen LogP contribution in [0.25, 0.3) is 10.9 Å². The van der Waals surface area contributed by atoms with E-state index in [1.54, 1.807) is 0 Å². The fraction of sp³-hybridized carbons (Fsp3) is 0.200. The Morgan fingerprint density at radius 1 is 1.16 bits per heavy atom. The van der Waals surface area contributed by atoms with E-state index in [2.05, 4.69) is 15.3 Å². The smallest absolute Gasteiger partial charge is 0.418 e. The minimum atomic E-state index is -4.63. The Balaban J connectivity index is 1.63. The van der Waals surface area contributed by atoms with Crippen molar-refractivity contribution < 1.29 is 27.5 Å². The number of carbonyl (C=O) groups excluding carboxylic acids is 2. The molecule has 1 N–H and O–H groups in total. The van der Waals surface area contributed by atoms with Crippen molar-refractivity contribution in [2.75, 3.05) is 25.5 Å². The largest absolute Gasteiger partial charge is 0.467 e. The number of aromatic nitrogens is 2. The number of rotatable bonds is 6. The van der Waals surface area contributed by atoms with Crippen molar-refractivity contribution in [3.05, 3.63) is 58.3 Å². The number of alkyl halides is 3. The first kappa shape index (κ1) is 23.6. The number of carbonyl (C=O) groups is 2. The molecule has 0 aliphatic heterocycles. The molecule has 1 aromatic heterocycles. The van der Waals surface area contributed by atoms with Gasteiger partial charge in [-0.15, -0.1) is 0 Å². The van der Waals surface area contributed by atoms with Crippen LogP contribution in [-0.4, -0.2) is 46.9 Å². The molecule has 1 heterocycles. The van der Waals surface area contributed by atoms with Crippen molar-refractivity contribution in [1.29, 1.82) is 0 Å². The fourth-order valence-electron chi connectivity index (χ4n) is 2.76. The van der Waals surface area contributed by atoms with Crippen LogP contribution in [0.5, 0.6) is 5.88 Å². The number of halogens is 5. The minimum absolute atomic E-state index is 0.0599. The van der Waals surface area contributed by atoms with Crippen LogP contribution in [-0.2, 0) is 15.8 Å². The van der Waals surface area contributed by atoms with Crippen molar-refractivity contribution in [2.45, 2.75) is 6.18 Å². The predicted molar refractivity (Wildman–Crippen MR) is 113 cm³/mol. The molecule has 0 aliphatic carbocycles. The summed E-state index contributed by atoms with van der Waals surface area (Å²) in [7, 11) is 1.31. The molecule has 0 radical (unpaired) electrons. The molecule has 2 aromatic carbocycles. The molecule has 0 unspecified atom stereocenters. The number of nitrogens with one attached hydrogen (secondary N) is 1. The molecule has 32 heavy (non-hydrogen) atoms. The van der Waals surface area contributed by atoms with Crippen LogP contribution in [0.2, 0.25) is 10.0 Å². The van der Waals surface area contributed by atoms with Gasteiger partial charge in [0.25, 0.3) is 5.91 Å². The Morgan fingerprint density at radius 2 is 1.88 bits per heavy atom. The minimum Gasteiger partial charge on any atom is -0.467 e. The number of nitrogens with zero attached hydrogens (tertiary/aromatic N) is 3. The van der Waals surface area contributed by atoms with Gasteiger partial charge in [0.1, 0.15) is 6.33 Å². The summed E-state index contributed by atoms with van der Waals surface area (Å²) in [4.78, 5) is 33.5. The molecule has 3 rings (SSSR count). The van der Waals surface area contributed by atoms with Crippen LogP contribution in [0.1, 0.15) is 5.56 Å². The highest BCUT2D eigenvalue weighted by Gasteiger charge is 2.33. The molecule has 12 heteroatoms. The lowest BCUT2D eigenvalue weighted by atomic mass is 10.1. The van der Waals surface area contributed by atoms with E-state index in [1.165, 1.54) is 37.6 Å². The maximum atomic E-state index is 13.1. The van der Waals surface area contributed by atoms with Gasteiger partial charge in [-0.2, -0.15) is 13.2 Å². The maximum absolute atomic E-state index is 13.1. The summed E-state index contributed by atoms with van der Waals surface area (Å²) in [5, 5.41) is 3.16. The van der Waals surface area contributed by atoms with E-state index in [0.29, 0.717) is 15.9 Å². The second kappa shape index (κ2) is 9.58. The van der Waals surface area contributed by atoms with Crippen LogP contribution in [0.4, 0.5) is 18.9 Å². The number of ether oxygens (including phenoxy) is 1. The van der Waals surface area contributed by atoms with Gasteiger partial charge in [0.05, 0.1) is 33.7 Å². The zero-order valence-corrected chi connectivity index (χ0v) is 17.9. The second-order valence-corrected chi connectivity index (χ2v) is 7.44. The monoisotopic (exact) mass is 486 g/mol. The lowest BCUT2D eigenvalue weighted by Gasteiger charge is -2.18. The number of para-hydroxylation sites is 1. The van der Waals surface area contributed by atoms with E-state index in [9.17, 15) is 22.8 Å². The summed E-state index contributed by atoms with van der Waals surface area (Å²) in [5.41, 5.74) is -1.01. The first-order valence-electron chi connectivity index (χ1n) is 8.99. The molecule has 3 aromatic rings. The standard InChI is InChI=1S/C20H15Cl2F3N4O3/c1-29(8-16(30)28-15-5-3-2-4-13(15)20(23,24)25)17(31)9-32-19-12-6-11(21)7-14(22)18(12)26-10-27-19/h2-7,10H,8-9H2,1H3,(H,28,30). The number of fused-ring (bicyclic) bond motifs is 1. The molecule has 0 aliphatic rings. The molecule has 0 saturated carbocycles. The highest BCUT2D eigenvalue weighted by Crippen LogP contribution is 2.34. The predicted octanol–water partition coefficient (Wildman–Crippen LogP) is 4.43. The van der Waals surface area contributed by atoms with Crippen molar-refractivity contribution in [3.8, 4) is 5.88 Å². The van der Waals surface area contributed by atoms with E-state index in [-0.39, 0.29) is 10.9 Å². The Bertz CT molecular complexity index is 1170. The molecule has 0 atom stereocenters. The Kier molecular flexibility index (Phi) is 7.05. The summed E-state index contributed by atoms with van der Waals surface area (Å²) in [6.45, 7) is -0.976. The first-order valence-corrected chi connectivity index (χ1v) is 9.74. The topological polar surface area (TPSA) is 84.4 Å². The fourth-order valence-corrected chi connectivity index (χ4v) is 3.30. The van der Waals surface area contributed by atoms with Gasteiger partial charge < -0.3 is 15.0 Å². The lowest BCUT2D eigenvalue weighted by Crippen LogP contribution is -2.38. The zero-order chi connectivity index (χ0) is 23.5. The normalized spacial score (nSPS) is 11.3. The number of hydrogen-bond acceptors (Lipinski definition) is 5. The van der Waals surface area contributed by atoms with Gasteiger partial charge in [-0.05, 0) is 24.3 Å². The van der Waals surface area contributed by atoms with Gasteiger partial charge in [-0.25, -0.2) is 9.97 Å². The third-order valence-corrected chi connectivity index (χ3v) is 4.77. The number of hydrogen-bond donors (Lipinski definition) is 1. The summed E-state index contributed by atoms with van der Waals surface area (Å²) in [6, 6.07) is 7.57. The molecule has 0 fully saturated rings. The molecule has 2 amide bonds. The van der Waals surface area contributed by atoms with Crippen LogP contribution >= 0.6 is 23.2 Å². The summed E-state index contributed by atoms with van der Waals surface area (Å²) >= 11 is 12.1. The SMILES string of the molecule is CN(CC(=O)Nc1ccccc1C(F)(F)F)C(=O)COc1ncnc2c(Cl)cc(Cl)cc12. The van der Waals surface area contributed by atoms with Crippen molar-refractivity contribution in [1.82, 2.24) is 14.9 Å². The van der Waals surface area contributed by atoms with E-state index < -0.39 is 42.4 Å². The molecular weight excluding hydrogens is 472 g/mol. The lowest BCUT2D eigenvalue weighted by molar-refractivity contribution is -0.137. The highest BCUT2D eigenvalue weighted by atomic mass is 35.5. The van der Waals surface area contributed by atoms with Crippen LogP contribution in [0.3, 0.4) is 0 Å². The van der Waals surface area contributed by atoms with E-state index in [1.807, 2.05) is 0 Å². The molecule has 0 bridgehead atoms. The zero-order valence-electron chi connectivity index (χ0n) is 16.4. The Labute approximate surface area is 190 Å². The molecule has 0 saturated heterocycles. The van der Waals surface area contributed by atoms with Gasteiger partial charge in [0.15, 0.2) is 6.61 Å². The van der Waals surface area contributed by atoms with Crippen molar-refractivity contribution >= 4 is 51.6 Å². The van der Waals surface area contributed by atoms with Crippen LogP contribution in [0.15, 0.2) is 42.7 Å². The average molecular weight is 487 g/mol. The van der Waals surface area contributed by atoms with Crippen molar-refractivity contribution in [2.24, 2.45) is 0 Å². The molecular formula is C20H15Cl2F3N4O3. The Hall–Kier alpha value is -3.11. The van der Waals surface area contributed by atoms with E-state index >= 15 is 0 Å². The quantitative estimate of drug-likeness (QED) is 0.556. The first-order chi connectivity index (χ1) is 15.1. The van der Waals surface area contributed by atoms with Crippen molar-refractivity contribution in [3.63, 3.8) is 0 Å². The summed E-state index contributed by atoms with van der Waals surface area (Å²) in [5.74, 6) is -1.35. The number of anilines is 1. The summed E-state index contributed by atoms with van der Waals surface area (Å²) < 4.78 is 44.6. The van der Waals surface area contributed by atoms with Gasteiger partial charge >= 0.3 is 6.18 Å². The van der Waals surface area contributed by atoms with E-state index in [4.69, 9.17) is 27.9 Å². The third-order valence-electron chi connectivity index (χ3n) is 4.27. The van der Waals surface area contributed by atoms with Gasteiger partial charge in [-0.1, -0.05) is 35.3 Å². The highest BCUT2D eigenvalue weighted by molar-refractivity contribution is 6.38. The van der Waals surface area contributed by atoms with Gasteiger partial charge in [0.2, 0.25) is 11.8 Å².